The standard InChI is InChI=1S/C24H29F3N4O4S/c1-15-20(23(33)30-11-3-4-12-30)21(16(2)28-15)36(34,35)31-13-9-17(10-14-31)22(32)29-19-7-5-18(6-8-19)24(25,26)27/h5-8,17,28H,3-4,9-14H2,1-2H3,(H,29,32). The van der Waals surface area contributed by atoms with Crippen molar-refractivity contribution in [2.45, 2.75) is 50.6 Å². The Hall–Kier alpha value is -2.86. The summed E-state index contributed by atoms with van der Waals surface area (Å²) in [5, 5.41) is 2.61. The summed E-state index contributed by atoms with van der Waals surface area (Å²) >= 11 is 0. The van der Waals surface area contributed by atoms with E-state index in [1.54, 1.807) is 18.7 Å². The van der Waals surface area contributed by atoms with Crippen LogP contribution in [0.15, 0.2) is 29.2 Å². The Bertz CT molecular complexity index is 1240. The summed E-state index contributed by atoms with van der Waals surface area (Å²) in [7, 11) is -3.99. The maximum absolute atomic E-state index is 13.6. The number of sulfonamides is 1. The summed E-state index contributed by atoms with van der Waals surface area (Å²) < 4.78 is 66.7. The monoisotopic (exact) mass is 526 g/mol. The molecule has 0 radical (unpaired) electrons. The Kier molecular flexibility index (Phi) is 7.20. The van der Waals surface area contributed by atoms with Gasteiger partial charge >= 0.3 is 6.18 Å². The molecule has 1 aromatic heterocycles. The van der Waals surface area contributed by atoms with Crippen LogP contribution < -0.4 is 5.32 Å². The second-order valence-electron chi connectivity index (χ2n) is 9.32. The van der Waals surface area contributed by atoms with E-state index in [0.29, 0.717) is 24.5 Å². The predicted molar refractivity (Wildman–Crippen MR) is 127 cm³/mol. The van der Waals surface area contributed by atoms with Gasteiger partial charge in [-0.2, -0.15) is 17.5 Å². The number of hydrogen-bond acceptors (Lipinski definition) is 4. The largest absolute Gasteiger partial charge is 0.416 e. The molecule has 2 saturated heterocycles. The molecular weight excluding hydrogens is 497 g/mol. The first-order valence-corrected chi connectivity index (χ1v) is 13.3. The van der Waals surface area contributed by atoms with Gasteiger partial charge in [0, 0.05) is 49.2 Å². The second kappa shape index (κ2) is 9.89. The van der Waals surface area contributed by atoms with Crippen molar-refractivity contribution in [2.24, 2.45) is 5.92 Å². The molecule has 0 unspecified atom stereocenters. The Morgan fingerprint density at radius 1 is 0.972 bits per heavy atom. The number of rotatable bonds is 5. The van der Waals surface area contributed by atoms with Gasteiger partial charge in [0.1, 0.15) is 4.90 Å². The number of anilines is 1. The number of likely N-dealkylation sites (tertiary alicyclic amines) is 1. The lowest BCUT2D eigenvalue weighted by Gasteiger charge is -2.31. The molecule has 12 heteroatoms. The molecule has 196 valence electrons. The fourth-order valence-corrected chi connectivity index (χ4v) is 6.78. The molecule has 2 fully saturated rings. The maximum Gasteiger partial charge on any atom is 0.416 e. The number of aromatic nitrogens is 1. The van der Waals surface area contributed by atoms with Crippen molar-refractivity contribution in [1.29, 1.82) is 0 Å². The van der Waals surface area contributed by atoms with Crippen molar-refractivity contribution >= 4 is 27.5 Å². The van der Waals surface area contributed by atoms with Crippen LogP contribution in [0, 0.1) is 19.8 Å². The summed E-state index contributed by atoms with van der Waals surface area (Å²) in [6.07, 6.45) is -2.18. The summed E-state index contributed by atoms with van der Waals surface area (Å²) in [4.78, 5) is 30.5. The summed E-state index contributed by atoms with van der Waals surface area (Å²) in [5.41, 5.74) is 0.519. The summed E-state index contributed by atoms with van der Waals surface area (Å²) in [6, 6.07) is 4.17. The average molecular weight is 527 g/mol. The highest BCUT2D eigenvalue weighted by Gasteiger charge is 2.38. The topological polar surface area (TPSA) is 103 Å². The number of carbonyl (C=O) groups is 2. The van der Waals surface area contributed by atoms with E-state index in [1.165, 1.54) is 16.4 Å². The van der Waals surface area contributed by atoms with Gasteiger partial charge in [0.25, 0.3) is 5.91 Å². The molecule has 8 nitrogen and oxygen atoms in total. The molecule has 4 rings (SSSR count). The van der Waals surface area contributed by atoms with Crippen LogP contribution in [-0.2, 0) is 21.0 Å². The molecule has 3 heterocycles. The van der Waals surface area contributed by atoms with Gasteiger partial charge in [-0.05, 0) is 63.8 Å². The van der Waals surface area contributed by atoms with E-state index >= 15 is 0 Å². The van der Waals surface area contributed by atoms with E-state index in [2.05, 4.69) is 10.3 Å². The van der Waals surface area contributed by atoms with Gasteiger partial charge in [-0.1, -0.05) is 0 Å². The zero-order valence-corrected chi connectivity index (χ0v) is 20.9. The minimum atomic E-state index is -4.46. The first kappa shape index (κ1) is 26.2. The molecule has 2 aliphatic rings. The Morgan fingerprint density at radius 2 is 1.56 bits per heavy atom. The fourth-order valence-electron chi connectivity index (χ4n) is 4.89. The number of piperidine rings is 1. The van der Waals surface area contributed by atoms with Gasteiger partial charge in [-0.25, -0.2) is 8.42 Å². The summed E-state index contributed by atoms with van der Waals surface area (Å²) in [6.45, 7) is 4.70. The first-order chi connectivity index (χ1) is 16.9. The number of amides is 2. The number of halogens is 3. The van der Waals surface area contributed by atoms with Crippen LogP contribution in [0.1, 0.15) is 53.0 Å². The highest BCUT2D eigenvalue weighted by Crippen LogP contribution is 2.32. The molecule has 0 bridgehead atoms. The zero-order valence-electron chi connectivity index (χ0n) is 20.1. The predicted octanol–water partition coefficient (Wildman–Crippen LogP) is 3.93. The van der Waals surface area contributed by atoms with Crippen molar-refractivity contribution < 1.29 is 31.2 Å². The third-order valence-electron chi connectivity index (χ3n) is 6.83. The fraction of sp³-hybridized carbons (Fsp3) is 0.500. The van der Waals surface area contributed by atoms with Crippen LogP contribution in [0.2, 0.25) is 0 Å². The van der Waals surface area contributed by atoms with Gasteiger partial charge in [0.05, 0.1) is 11.1 Å². The number of aromatic amines is 1. The molecule has 2 amide bonds. The molecule has 36 heavy (non-hydrogen) atoms. The number of nitrogens with zero attached hydrogens (tertiary/aromatic N) is 2. The Morgan fingerprint density at radius 3 is 2.11 bits per heavy atom. The van der Waals surface area contributed by atoms with Crippen molar-refractivity contribution in [1.82, 2.24) is 14.2 Å². The normalized spacial score (nSPS) is 18.0. The number of alkyl halides is 3. The van der Waals surface area contributed by atoms with Crippen LogP contribution in [0.5, 0.6) is 0 Å². The quantitative estimate of drug-likeness (QED) is 0.616. The number of H-pyrrole nitrogens is 1. The minimum absolute atomic E-state index is 0.00967. The smallest absolute Gasteiger partial charge is 0.361 e. The van der Waals surface area contributed by atoms with Crippen molar-refractivity contribution in [3.8, 4) is 0 Å². The molecule has 0 saturated carbocycles. The van der Waals surface area contributed by atoms with Crippen molar-refractivity contribution in [2.75, 3.05) is 31.5 Å². The lowest BCUT2D eigenvalue weighted by atomic mass is 9.97. The lowest BCUT2D eigenvalue weighted by molar-refractivity contribution is -0.137. The Balaban J connectivity index is 1.44. The van der Waals surface area contributed by atoms with Gasteiger partial charge in [0.2, 0.25) is 15.9 Å². The molecule has 2 aliphatic heterocycles. The molecule has 0 aliphatic carbocycles. The number of aryl methyl sites for hydroxylation is 2. The van der Waals surface area contributed by atoms with Crippen molar-refractivity contribution in [3.63, 3.8) is 0 Å². The van der Waals surface area contributed by atoms with Crippen molar-refractivity contribution in [3.05, 3.63) is 46.8 Å². The summed E-state index contributed by atoms with van der Waals surface area (Å²) in [5.74, 6) is -1.15. The van der Waals surface area contributed by atoms with Crippen LogP contribution in [0.4, 0.5) is 18.9 Å². The lowest BCUT2D eigenvalue weighted by Crippen LogP contribution is -2.42. The van der Waals surface area contributed by atoms with E-state index in [4.69, 9.17) is 0 Å². The molecule has 1 aromatic carbocycles. The van der Waals surface area contributed by atoms with Gasteiger partial charge in [0.15, 0.2) is 0 Å². The molecule has 2 aromatic rings. The maximum atomic E-state index is 13.6. The van der Waals surface area contributed by atoms with Gasteiger partial charge in [-0.3, -0.25) is 9.59 Å². The van der Waals surface area contributed by atoms with E-state index in [1.807, 2.05) is 0 Å². The number of carbonyl (C=O) groups excluding carboxylic acids is 2. The third kappa shape index (κ3) is 5.15. The Labute approximate surface area is 207 Å². The first-order valence-electron chi connectivity index (χ1n) is 11.9. The highest BCUT2D eigenvalue weighted by atomic mass is 32.2. The molecule has 0 spiro atoms. The van der Waals surface area contributed by atoms with Crippen LogP contribution >= 0.6 is 0 Å². The van der Waals surface area contributed by atoms with Gasteiger partial charge < -0.3 is 15.2 Å². The van der Waals surface area contributed by atoms with E-state index < -0.39 is 27.7 Å². The van der Waals surface area contributed by atoms with E-state index in [0.717, 1.165) is 25.0 Å². The van der Waals surface area contributed by atoms with E-state index in [9.17, 15) is 31.2 Å². The number of hydrogen-bond donors (Lipinski definition) is 2. The SMILES string of the molecule is Cc1[nH]c(C)c(S(=O)(=O)N2CCC(C(=O)Nc3ccc(C(F)(F)F)cc3)CC2)c1C(=O)N1CCCC1. The second-order valence-corrected chi connectivity index (χ2v) is 11.2. The van der Waals surface area contributed by atoms with Crippen LogP contribution in [0.3, 0.4) is 0 Å². The average Bonchev–Trinajstić information content (AvgIpc) is 3.46. The van der Waals surface area contributed by atoms with Crippen LogP contribution in [-0.4, -0.2) is 60.6 Å². The van der Waals surface area contributed by atoms with Gasteiger partial charge in [-0.15, -0.1) is 0 Å². The highest BCUT2D eigenvalue weighted by molar-refractivity contribution is 7.89. The molecule has 2 N–H and O–H groups in total. The number of benzene rings is 1. The third-order valence-corrected chi connectivity index (χ3v) is 8.90. The van der Waals surface area contributed by atoms with Crippen LogP contribution in [0.25, 0.3) is 0 Å². The van der Waals surface area contributed by atoms with E-state index in [-0.39, 0.29) is 53.9 Å². The zero-order chi connectivity index (χ0) is 26.3. The molecule has 0 atom stereocenters. The molecular formula is C24H29F3N4O4S. The number of nitrogens with one attached hydrogen (secondary N) is 2. The minimum Gasteiger partial charge on any atom is -0.361 e.